The van der Waals surface area contributed by atoms with Crippen molar-refractivity contribution in [3.05, 3.63) is 23.8 Å². The van der Waals surface area contributed by atoms with E-state index in [1.54, 1.807) is 18.2 Å². The number of nitrogen functional groups attached to an aromatic ring is 1. The van der Waals surface area contributed by atoms with Crippen LogP contribution in [0.1, 0.15) is 23.2 Å². The summed E-state index contributed by atoms with van der Waals surface area (Å²) in [6.07, 6.45) is 2.15. The van der Waals surface area contributed by atoms with Crippen molar-refractivity contribution in [2.75, 3.05) is 44.4 Å². The van der Waals surface area contributed by atoms with E-state index in [2.05, 4.69) is 23.9 Å². The lowest BCUT2D eigenvalue weighted by atomic mass is 9.95. The Morgan fingerprint density at radius 3 is 2.60 bits per heavy atom. The second kappa shape index (κ2) is 6.13. The number of nitrogens with two attached hydrogens (primary N) is 1. The summed E-state index contributed by atoms with van der Waals surface area (Å²) in [6.45, 7) is 2.82. The Kier molecular flexibility index (Phi) is 4.49. The summed E-state index contributed by atoms with van der Waals surface area (Å²) in [5.41, 5.74) is 7.53. The average molecular weight is 277 g/mol. The maximum Gasteiger partial charge on any atom is 0.337 e. The van der Waals surface area contributed by atoms with E-state index < -0.39 is 5.97 Å². The van der Waals surface area contributed by atoms with Gasteiger partial charge in [-0.1, -0.05) is 6.07 Å². The summed E-state index contributed by atoms with van der Waals surface area (Å²) in [5.74, 6) is -0.234. The van der Waals surface area contributed by atoms with E-state index in [-0.39, 0.29) is 0 Å². The largest absolute Gasteiger partial charge is 0.478 e. The van der Waals surface area contributed by atoms with Crippen molar-refractivity contribution in [2.24, 2.45) is 5.92 Å². The third-order valence-electron chi connectivity index (χ3n) is 3.85. The van der Waals surface area contributed by atoms with Gasteiger partial charge in [-0.25, -0.2) is 4.79 Å². The lowest BCUT2D eigenvalue weighted by Crippen LogP contribution is -2.38. The van der Waals surface area contributed by atoms with Crippen molar-refractivity contribution in [1.82, 2.24) is 4.90 Å². The molecule has 1 heterocycles. The van der Waals surface area contributed by atoms with Crippen LogP contribution in [0.2, 0.25) is 0 Å². The minimum atomic E-state index is -0.914. The molecule has 20 heavy (non-hydrogen) atoms. The zero-order valence-electron chi connectivity index (χ0n) is 12.2. The van der Waals surface area contributed by atoms with E-state index in [0.29, 0.717) is 22.9 Å². The number of para-hydroxylation sites is 1. The Morgan fingerprint density at radius 1 is 1.40 bits per heavy atom. The van der Waals surface area contributed by atoms with Gasteiger partial charge >= 0.3 is 5.97 Å². The minimum absolute atomic E-state index is 0.302. The van der Waals surface area contributed by atoms with Crippen LogP contribution in [-0.4, -0.2) is 49.7 Å². The van der Waals surface area contributed by atoms with Gasteiger partial charge in [-0.05, 0) is 45.0 Å². The molecule has 0 spiro atoms. The Morgan fingerprint density at radius 2 is 2.05 bits per heavy atom. The molecule has 0 amide bonds. The summed E-state index contributed by atoms with van der Waals surface area (Å²) in [5, 5.41) is 9.30. The fourth-order valence-electron chi connectivity index (χ4n) is 2.94. The molecule has 0 bridgehead atoms. The van der Waals surface area contributed by atoms with E-state index in [9.17, 15) is 9.90 Å². The summed E-state index contributed by atoms with van der Waals surface area (Å²) in [4.78, 5) is 15.7. The second-order valence-electron chi connectivity index (χ2n) is 5.74. The smallest absolute Gasteiger partial charge is 0.337 e. The second-order valence-corrected chi connectivity index (χ2v) is 5.74. The first-order chi connectivity index (χ1) is 9.49. The Bertz CT molecular complexity index is 480. The first-order valence-corrected chi connectivity index (χ1v) is 7.00. The van der Waals surface area contributed by atoms with Crippen LogP contribution in [0.3, 0.4) is 0 Å². The summed E-state index contributed by atoms with van der Waals surface area (Å²) in [7, 11) is 4.17. The summed E-state index contributed by atoms with van der Waals surface area (Å²) >= 11 is 0. The fraction of sp³-hybridized carbons (Fsp3) is 0.533. The molecule has 0 unspecified atom stereocenters. The normalized spacial score (nSPS) is 16.6. The molecule has 0 saturated carbocycles. The van der Waals surface area contributed by atoms with Gasteiger partial charge in [0.15, 0.2) is 0 Å². The zero-order valence-corrected chi connectivity index (χ0v) is 12.2. The predicted molar refractivity (Wildman–Crippen MR) is 81.3 cm³/mol. The van der Waals surface area contributed by atoms with Gasteiger partial charge in [-0.15, -0.1) is 0 Å². The van der Waals surface area contributed by atoms with Gasteiger partial charge in [-0.3, -0.25) is 0 Å². The van der Waals surface area contributed by atoms with Crippen molar-refractivity contribution in [2.45, 2.75) is 12.8 Å². The molecule has 1 aliphatic heterocycles. The number of benzene rings is 1. The lowest BCUT2D eigenvalue weighted by Gasteiger charge is -2.35. The van der Waals surface area contributed by atoms with Crippen LogP contribution in [0.15, 0.2) is 18.2 Å². The van der Waals surface area contributed by atoms with Crippen molar-refractivity contribution < 1.29 is 9.90 Å². The molecule has 5 heteroatoms. The fourth-order valence-corrected chi connectivity index (χ4v) is 2.94. The first kappa shape index (κ1) is 14.7. The van der Waals surface area contributed by atoms with Crippen LogP contribution in [-0.2, 0) is 0 Å². The topological polar surface area (TPSA) is 69.8 Å². The highest BCUT2D eigenvalue weighted by atomic mass is 16.4. The van der Waals surface area contributed by atoms with Crippen LogP contribution < -0.4 is 10.6 Å². The van der Waals surface area contributed by atoms with Crippen molar-refractivity contribution >= 4 is 17.3 Å². The number of hydrogen-bond donors (Lipinski definition) is 2. The molecule has 1 fully saturated rings. The molecule has 1 aliphatic rings. The molecule has 0 radical (unpaired) electrons. The maximum absolute atomic E-state index is 11.3. The van der Waals surface area contributed by atoms with Crippen LogP contribution in [0.25, 0.3) is 0 Å². The number of piperidine rings is 1. The Balaban J connectivity index is 2.13. The average Bonchev–Trinajstić information content (AvgIpc) is 2.39. The van der Waals surface area contributed by atoms with Gasteiger partial charge < -0.3 is 20.6 Å². The van der Waals surface area contributed by atoms with E-state index in [0.717, 1.165) is 32.5 Å². The van der Waals surface area contributed by atoms with Crippen molar-refractivity contribution in [3.8, 4) is 0 Å². The van der Waals surface area contributed by atoms with Gasteiger partial charge in [0.1, 0.15) is 0 Å². The molecule has 110 valence electrons. The number of nitrogens with zero attached hydrogens (tertiary/aromatic N) is 2. The number of rotatable bonds is 4. The number of anilines is 2. The number of carbonyl (C=O) groups is 1. The van der Waals surface area contributed by atoms with E-state index in [1.807, 2.05) is 0 Å². The van der Waals surface area contributed by atoms with Gasteiger partial charge in [0.25, 0.3) is 0 Å². The van der Waals surface area contributed by atoms with Crippen LogP contribution in [0.5, 0.6) is 0 Å². The standard InChI is InChI=1S/C15H23N3O2/c1-17(2)10-11-6-8-18(9-7-11)14-12(15(19)20)4-3-5-13(14)16/h3-5,11H,6-10,16H2,1-2H3,(H,19,20). The third-order valence-corrected chi connectivity index (χ3v) is 3.85. The van der Waals surface area contributed by atoms with E-state index >= 15 is 0 Å². The van der Waals surface area contributed by atoms with Gasteiger partial charge in [0.2, 0.25) is 0 Å². The minimum Gasteiger partial charge on any atom is -0.478 e. The summed E-state index contributed by atoms with van der Waals surface area (Å²) < 4.78 is 0. The monoisotopic (exact) mass is 277 g/mol. The van der Waals surface area contributed by atoms with Crippen LogP contribution >= 0.6 is 0 Å². The predicted octanol–water partition coefficient (Wildman–Crippen LogP) is 1.74. The van der Waals surface area contributed by atoms with Gasteiger partial charge in [0, 0.05) is 19.6 Å². The molecule has 1 aromatic rings. The molecular formula is C15H23N3O2. The quantitative estimate of drug-likeness (QED) is 0.820. The van der Waals surface area contributed by atoms with Crippen LogP contribution in [0, 0.1) is 5.92 Å². The molecule has 0 aliphatic carbocycles. The van der Waals surface area contributed by atoms with Gasteiger partial charge in [0.05, 0.1) is 16.9 Å². The highest BCUT2D eigenvalue weighted by molar-refractivity contribution is 5.98. The summed E-state index contributed by atoms with van der Waals surface area (Å²) in [6, 6.07) is 5.09. The zero-order chi connectivity index (χ0) is 14.7. The van der Waals surface area contributed by atoms with Crippen molar-refractivity contribution in [3.63, 3.8) is 0 Å². The highest BCUT2D eigenvalue weighted by Gasteiger charge is 2.24. The molecule has 3 N–H and O–H groups in total. The number of carboxylic acids is 1. The Labute approximate surface area is 120 Å². The van der Waals surface area contributed by atoms with Crippen LogP contribution in [0.4, 0.5) is 11.4 Å². The van der Waals surface area contributed by atoms with Gasteiger partial charge in [-0.2, -0.15) is 0 Å². The molecule has 2 rings (SSSR count). The highest BCUT2D eigenvalue weighted by Crippen LogP contribution is 2.31. The molecular weight excluding hydrogens is 254 g/mol. The first-order valence-electron chi connectivity index (χ1n) is 7.00. The number of hydrogen-bond acceptors (Lipinski definition) is 4. The molecule has 0 aromatic heterocycles. The molecule has 0 atom stereocenters. The third kappa shape index (κ3) is 3.22. The lowest BCUT2D eigenvalue weighted by molar-refractivity contribution is 0.0697. The molecule has 1 saturated heterocycles. The van der Waals surface area contributed by atoms with E-state index in [4.69, 9.17) is 5.73 Å². The number of carboxylic acid groups (broad SMARTS) is 1. The maximum atomic E-state index is 11.3. The number of aromatic carboxylic acids is 1. The van der Waals surface area contributed by atoms with E-state index in [1.165, 1.54) is 0 Å². The SMILES string of the molecule is CN(C)CC1CCN(c2c(N)cccc2C(=O)O)CC1. The molecule has 1 aromatic carbocycles. The Hall–Kier alpha value is -1.75. The van der Waals surface area contributed by atoms with Crippen molar-refractivity contribution in [1.29, 1.82) is 0 Å². The molecule has 5 nitrogen and oxygen atoms in total.